The molecule has 1 aliphatic heterocycles. The van der Waals surface area contributed by atoms with E-state index in [-0.39, 0.29) is 11.5 Å². The van der Waals surface area contributed by atoms with Gasteiger partial charge in [-0.15, -0.1) is 0 Å². The van der Waals surface area contributed by atoms with Crippen LogP contribution in [0.25, 0.3) is 0 Å². The van der Waals surface area contributed by atoms with Gasteiger partial charge in [0, 0.05) is 0 Å². The lowest BCUT2D eigenvalue weighted by molar-refractivity contribution is 0.234. The molecular weight excluding hydrogens is 186 g/mol. The highest BCUT2D eigenvalue weighted by Crippen LogP contribution is 2.37. The van der Waals surface area contributed by atoms with Crippen molar-refractivity contribution in [3.63, 3.8) is 0 Å². The van der Waals surface area contributed by atoms with Gasteiger partial charge in [0.15, 0.2) is 5.90 Å². The predicted octanol–water partition coefficient (Wildman–Crippen LogP) is 2.63. The minimum Gasteiger partial charge on any atom is -0.478 e. The van der Waals surface area contributed by atoms with Gasteiger partial charge in [-0.25, -0.2) is 4.99 Å². The Balaban J connectivity index is 2.06. The summed E-state index contributed by atoms with van der Waals surface area (Å²) in [5, 5.41) is 0. The maximum atomic E-state index is 5.67. The molecular formula is C13H18NO. The Morgan fingerprint density at radius 2 is 2.07 bits per heavy atom. The van der Waals surface area contributed by atoms with Crippen molar-refractivity contribution in [2.24, 2.45) is 10.4 Å². The summed E-state index contributed by atoms with van der Waals surface area (Å²) < 4.78 is 5.67. The molecule has 15 heavy (non-hydrogen) atoms. The number of ether oxygens (including phenoxy) is 1. The molecule has 2 aliphatic rings. The van der Waals surface area contributed by atoms with E-state index in [1.54, 1.807) is 0 Å². The number of rotatable bonds is 1. The molecule has 1 saturated carbocycles. The van der Waals surface area contributed by atoms with Crippen LogP contribution in [0.15, 0.2) is 4.99 Å². The van der Waals surface area contributed by atoms with E-state index in [0.717, 1.165) is 11.8 Å². The lowest BCUT2D eigenvalue weighted by atomic mass is 9.88. The molecule has 0 aromatic heterocycles. The highest BCUT2D eigenvalue weighted by atomic mass is 16.5. The fourth-order valence-electron chi connectivity index (χ4n) is 1.71. The third kappa shape index (κ3) is 2.19. The highest BCUT2D eigenvalue weighted by molar-refractivity contribution is 5.98. The van der Waals surface area contributed by atoms with Gasteiger partial charge in [0.1, 0.15) is 6.61 Å². The van der Waals surface area contributed by atoms with E-state index >= 15 is 0 Å². The van der Waals surface area contributed by atoms with Gasteiger partial charge in [-0.05, 0) is 30.6 Å². The third-order valence-corrected chi connectivity index (χ3v) is 2.92. The molecule has 0 amide bonds. The quantitative estimate of drug-likeness (QED) is 0.643. The molecule has 2 rings (SSSR count). The van der Waals surface area contributed by atoms with Crippen molar-refractivity contribution in [1.29, 1.82) is 0 Å². The van der Waals surface area contributed by atoms with Gasteiger partial charge >= 0.3 is 0 Å². The second kappa shape index (κ2) is 3.80. The highest BCUT2D eigenvalue weighted by Gasteiger charge is 2.37. The summed E-state index contributed by atoms with van der Waals surface area (Å²) in [6.45, 7) is 9.40. The first kappa shape index (κ1) is 11.0. The molecule has 5 radical (unpaired) electrons. The second-order valence-corrected chi connectivity index (χ2v) is 5.25. The van der Waals surface area contributed by atoms with Gasteiger partial charge in [-0.3, -0.25) is 0 Å². The van der Waals surface area contributed by atoms with E-state index in [0.29, 0.717) is 6.61 Å². The van der Waals surface area contributed by atoms with Crippen LogP contribution in [0.1, 0.15) is 27.7 Å². The van der Waals surface area contributed by atoms with E-state index in [4.69, 9.17) is 4.74 Å². The Hall–Kier alpha value is -0.530. The van der Waals surface area contributed by atoms with Crippen LogP contribution in [-0.2, 0) is 4.74 Å². The second-order valence-electron chi connectivity index (χ2n) is 5.25. The number of aliphatic imine (C=N–C) groups is 1. The Labute approximate surface area is 93.1 Å². The van der Waals surface area contributed by atoms with E-state index in [1.807, 2.05) is 6.42 Å². The molecule has 0 aromatic rings. The molecule has 2 nitrogen and oxygen atoms in total. The summed E-state index contributed by atoms with van der Waals surface area (Å²) in [5.74, 6) is 3.20. The van der Waals surface area contributed by atoms with Gasteiger partial charge in [-0.2, -0.15) is 0 Å². The van der Waals surface area contributed by atoms with Crippen LogP contribution in [0.5, 0.6) is 0 Å². The zero-order valence-corrected chi connectivity index (χ0v) is 9.87. The first-order chi connectivity index (χ1) is 6.98. The van der Waals surface area contributed by atoms with Gasteiger partial charge in [-0.1, -0.05) is 27.7 Å². The molecule has 0 N–H and O–H groups in total. The molecule has 1 heterocycles. The summed E-state index contributed by atoms with van der Waals surface area (Å²) >= 11 is 0. The third-order valence-electron chi connectivity index (χ3n) is 2.92. The van der Waals surface area contributed by atoms with Crippen molar-refractivity contribution in [2.45, 2.75) is 33.7 Å². The first-order valence-electron chi connectivity index (χ1n) is 5.42. The van der Waals surface area contributed by atoms with E-state index in [9.17, 15) is 0 Å². The van der Waals surface area contributed by atoms with E-state index in [2.05, 4.69) is 45.5 Å². The fraction of sp³-hybridized carbons (Fsp3) is 0.538. The van der Waals surface area contributed by atoms with Crippen molar-refractivity contribution >= 4 is 5.90 Å². The predicted molar refractivity (Wildman–Crippen MR) is 61.7 cm³/mol. The maximum absolute atomic E-state index is 5.67. The Morgan fingerprint density at radius 3 is 2.53 bits per heavy atom. The molecule has 1 fully saturated rings. The van der Waals surface area contributed by atoms with Gasteiger partial charge in [0.05, 0.1) is 12.0 Å². The SMILES string of the molecule is C[C]1[CH][CH][CH][C]1C1=N[C@@H](C(C)(C)C)CO1. The summed E-state index contributed by atoms with van der Waals surface area (Å²) in [5.41, 5.74) is 0.183. The maximum Gasteiger partial charge on any atom is 0.192 e. The van der Waals surface area contributed by atoms with Crippen LogP contribution < -0.4 is 0 Å². The van der Waals surface area contributed by atoms with Gasteiger partial charge in [0.2, 0.25) is 0 Å². The summed E-state index contributed by atoms with van der Waals surface area (Å²) in [6, 6.07) is 0.279. The van der Waals surface area contributed by atoms with Crippen LogP contribution in [0.4, 0.5) is 0 Å². The number of hydrogen-bond donors (Lipinski definition) is 0. The summed E-state index contributed by atoms with van der Waals surface area (Å²) in [4.78, 5) is 4.66. The van der Waals surface area contributed by atoms with Crippen molar-refractivity contribution in [3.8, 4) is 0 Å². The minimum atomic E-state index is 0.183. The molecule has 0 unspecified atom stereocenters. The Kier molecular flexibility index (Phi) is 2.78. The Bertz CT molecular complexity index is 264. The normalized spacial score (nSPS) is 29.3. The fourth-order valence-corrected chi connectivity index (χ4v) is 1.71. The molecule has 0 spiro atoms. The van der Waals surface area contributed by atoms with Crippen molar-refractivity contribution in [1.82, 2.24) is 0 Å². The monoisotopic (exact) mass is 204 g/mol. The lowest BCUT2D eigenvalue weighted by Gasteiger charge is -2.22. The minimum absolute atomic E-state index is 0.183. The standard InChI is InChI=1S/C13H18NO/c1-9-6-5-7-10(9)12-14-11(8-15-12)13(2,3)4/h5-7,11H,8H2,1-4H3/t11-/m1/s1. The van der Waals surface area contributed by atoms with E-state index < -0.39 is 0 Å². The largest absolute Gasteiger partial charge is 0.478 e. The van der Waals surface area contributed by atoms with Crippen molar-refractivity contribution in [3.05, 3.63) is 31.1 Å². The van der Waals surface area contributed by atoms with Crippen LogP contribution in [0.2, 0.25) is 0 Å². The van der Waals surface area contributed by atoms with Crippen molar-refractivity contribution in [2.75, 3.05) is 6.61 Å². The summed E-state index contributed by atoms with van der Waals surface area (Å²) in [7, 11) is 0. The zero-order chi connectivity index (χ0) is 11.1. The first-order valence-corrected chi connectivity index (χ1v) is 5.42. The molecule has 1 atom stereocenters. The lowest BCUT2D eigenvalue weighted by Crippen LogP contribution is -2.25. The zero-order valence-electron chi connectivity index (χ0n) is 9.87. The molecule has 0 saturated heterocycles. The molecule has 2 heteroatoms. The average molecular weight is 204 g/mol. The van der Waals surface area contributed by atoms with Gasteiger partial charge < -0.3 is 4.74 Å². The Morgan fingerprint density at radius 1 is 1.33 bits per heavy atom. The van der Waals surface area contributed by atoms with E-state index in [1.165, 1.54) is 5.92 Å². The molecule has 0 bridgehead atoms. The number of hydrogen-bond acceptors (Lipinski definition) is 2. The van der Waals surface area contributed by atoms with Crippen LogP contribution in [0.3, 0.4) is 0 Å². The topological polar surface area (TPSA) is 21.6 Å². The van der Waals surface area contributed by atoms with Crippen molar-refractivity contribution < 1.29 is 4.74 Å². The number of nitrogens with zero attached hydrogens (tertiary/aromatic N) is 1. The molecule has 0 aromatic carbocycles. The molecule has 1 aliphatic carbocycles. The summed E-state index contributed by atoms with van der Waals surface area (Å²) in [6.07, 6.45) is 6.20. The van der Waals surface area contributed by atoms with Gasteiger partial charge in [0.25, 0.3) is 0 Å². The molecule has 81 valence electrons. The van der Waals surface area contributed by atoms with Crippen LogP contribution in [-0.4, -0.2) is 18.5 Å². The van der Waals surface area contributed by atoms with Crippen LogP contribution >= 0.6 is 0 Å². The van der Waals surface area contributed by atoms with Crippen LogP contribution in [0, 0.1) is 36.5 Å². The average Bonchev–Trinajstić information content (AvgIpc) is 2.69. The smallest absolute Gasteiger partial charge is 0.192 e.